The zero-order valence-electron chi connectivity index (χ0n) is 11.6. The molecule has 22 heavy (non-hydrogen) atoms. The van der Waals surface area contributed by atoms with Crippen molar-refractivity contribution in [3.05, 3.63) is 74.2 Å². The van der Waals surface area contributed by atoms with Crippen molar-refractivity contribution in [3.63, 3.8) is 0 Å². The lowest BCUT2D eigenvalue weighted by Crippen LogP contribution is -2.20. The van der Waals surface area contributed by atoms with Gasteiger partial charge in [-0.05, 0) is 30.7 Å². The molecule has 7 heteroatoms. The van der Waals surface area contributed by atoms with E-state index in [1.54, 1.807) is 13.0 Å². The second-order valence-corrected chi connectivity index (χ2v) is 5.33. The SMILES string of the molecule is CC(=NNC(=O)c1ccccc1[N+](=O)[O-])c1ccc(Br)cc1. The summed E-state index contributed by atoms with van der Waals surface area (Å²) in [6.07, 6.45) is 0. The molecule has 0 aliphatic carbocycles. The number of benzene rings is 2. The van der Waals surface area contributed by atoms with E-state index in [2.05, 4.69) is 26.5 Å². The van der Waals surface area contributed by atoms with Gasteiger partial charge in [0.2, 0.25) is 0 Å². The Bertz CT molecular complexity index is 742. The van der Waals surface area contributed by atoms with Crippen LogP contribution in [0.4, 0.5) is 5.69 Å². The first-order valence-electron chi connectivity index (χ1n) is 6.33. The zero-order chi connectivity index (χ0) is 16.1. The normalized spacial score (nSPS) is 11.1. The minimum Gasteiger partial charge on any atom is -0.267 e. The molecule has 0 heterocycles. The van der Waals surface area contributed by atoms with Crippen molar-refractivity contribution in [1.82, 2.24) is 5.43 Å². The maximum Gasteiger partial charge on any atom is 0.282 e. The van der Waals surface area contributed by atoms with Crippen molar-refractivity contribution in [1.29, 1.82) is 0 Å². The molecule has 0 atom stereocenters. The summed E-state index contributed by atoms with van der Waals surface area (Å²) in [7, 11) is 0. The standard InChI is InChI=1S/C15H12BrN3O3/c1-10(11-6-8-12(16)9-7-11)17-18-15(20)13-4-2-3-5-14(13)19(21)22/h2-9H,1H3,(H,18,20). The Hall–Kier alpha value is -2.54. The lowest BCUT2D eigenvalue weighted by atomic mass is 10.1. The summed E-state index contributed by atoms with van der Waals surface area (Å²) >= 11 is 3.34. The van der Waals surface area contributed by atoms with E-state index in [0.29, 0.717) is 5.71 Å². The van der Waals surface area contributed by atoms with Gasteiger partial charge in [0.05, 0.1) is 10.6 Å². The molecule has 0 radical (unpaired) electrons. The van der Waals surface area contributed by atoms with E-state index >= 15 is 0 Å². The first-order valence-corrected chi connectivity index (χ1v) is 7.12. The third-order valence-electron chi connectivity index (χ3n) is 2.93. The molecule has 0 bridgehead atoms. The molecule has 0 fully saturated rings. The zero-order valence-corrected chi connectivity index (χ0v) is 13.2. The van der Waals surface area contributed by atoms with E-state index in [9.17, 15) is 14.9 Å². The van der Waals surface area contributed by atoms with Crippen molar-refractivity contribution < 1.29 is 9.72 Å². The molecule has 2 aromatic carbocycles. The van der Waals surface area contributed by atoms with Gasteiger partial charge in [-0.15, -0.1) is 0 Å². The van der Waals surface area contributed by atoms with Crippen LogP contribution in [-0.2, 0) is 0 Å². The van der Waals surface area contributed by atoms with E-state index in [1.807, 2.05) is 24.3 Å². The van der Waals surface area contributed by atoms with Crippen LogP contribution in [0.5, 0.6) is 0 Å². The van der Waals surface area contributed by atoms with Crippen LogP contribution >= 0.6 is 15.9 Å². The first-order chi connectivity index (χ1) is 10.5. The van der Waals surface area contributed by atoms with Gasteiger partial charge < -0.3 is 0 Å². The number of carbonyl (C=O) groups is 1. The van der Waals surface area contributed by atoms with Crippen LogP contribution in [-0.4, -0.2) is 16.5 Å². The molecule has 0 aliphatic heterocycles. The van der Waals surface area contributed by atoms with Crippen LogP contribution < -0.4 is 5.43 Å². The van der Waals surface area contributed by atoms with Gasteiger partial charge in [-0.2, -0.15) is 5.10 Å². The van der Waals surface area contributed by atoms with Crippen LogP contribution in [0.3, 0.4) is 0 Å². The predicted molar refractivity (Wildman–Crippen MR) is 86.9 cm³/mol. The number of amides is 1. The largest absolute Gasteiger partial charge is 0.282 e. The number of nitro groups is 1. The summed E-state index contributed by atoms with van der Waals surface area (Å²) in [5.41, 5.74) is 3.49. The molecule has 6 nitrogen and oxygen atoms in total. The monoisotopic (exact) mass is 361 g/mol. The van der Waals surface area contributed by atoms with Gasteiger partial charge in [0.1, 0.15) is 5.56 Å². The lowest BCUT2D eigenvalue weighted by molar-refractivity contribution is -0.385. The van der Waals surface area contributed by atoms with E-state index in [1.165, 1.54) is 18.2 Å². The summed E-state index contributed by atoms with van der Waals surface area (Å²) in [6, 6.07) is 13.1. The lowest BCUT2D eigenvalue weighted by Gasteiger charge is -2.04. The number of nitrogens with zero attached hydrogens (tertiary/aromatic N) is 2. The Balaban J connectivity index is 2.17. The molecule has 0 spiro atoms. The van der Waals surface area contributed by atoms with Crippen molar-refractivity contribution in [2.45, 2.75) is 6.92 Å². The van der Waals surface area contributed by atoms with Crippen LogP contribution in [0.1, 0.15) is 22.8 Å². The summed E-state index contributed by atoms with van der Waals surface area (Å²) in [6.45, 7) is 1.74. The predicted octanol–water partition coefficient (Wildman–Crippen LogP) is 3.51. The van der Waals surface area contributed by atoms with Crippen molar-refractivity contribution in [2.24, 2.45) is 5.10 Å². The summed E-state index contributed by atoms with van der Waals surface area (Å²) in [5.74, 6) is -0.622. The number of carbonyl (C=O) groups excluding carboxylic acids is 1. The fourth-order valence-corrected chi connectivity index (χ4v) is 2.04. The van der Waals surface area contributed by atoms with Crippen LogP contribution in [0.25, 0.3) is 0 Å². The Morgan fingerprint density at radius 1 is 1.18 bits per heavy atom. The topological polar surface area (TPSA) is 84.6 Å². The van der Waals surface area contributed by atoms with Gasteiger partial charge in [0.15, 0.2) is 0 Å². The summed E-state index contributed by atoms with van der Waals surface area (Å²) in [5, 5.41) is 14.9. The fraction of sp³-hybridized carbons (Fsp3) is 0.0667. The highest BCUT2D eigenvalue weighted by atomic mass is 79.9. The summed E-state index contributed by atoms with van der Waals surface area (Å²) < 4.78 is 0.938. The van der Waals surface area contributed by atoms with Crippen molar-refractivity contribution >= 4 is 33.2 Å². The molecule has 0 unspecified atom stereocenters. The summed E-state index contributed by atoms with van der Waals surface area (Å²) in [4.78, 5) is 22.3. The van der Waals surface area contributed by atoms with Crippen LogP contribution in [0, 0.1) is 10.1 Å². The third kappa shape index (κ3) is 3.76. The van der Waals surface area contributed by atoms with Gasteiger partial charge in [-0.1, -0.05) is 40.2 Å². The highest BCUT2D eigenvalue weighted by Gasteiger charge is 2.18. The van der Waals surface area contributed by atoms with Gasteiger partial charge >= 0.3 is 0 Å². The van der Waals surface area contributed by atoms with Crippen LogP contribution in [0.15, 0.2) is 58.1 Å². The number of hydrogen-bond acceptors (Lipinski definition) is 4. The second-order valence-electron chi connectivity index (χ2n) is 4.42. The van der Waals surface area contributed by atoms with Gasteiger partial charge in [0.25, 0.3) is 11.6 Å². The molecule has 1 N–H and O–H groups in total. The Labute approximate surface area is 135 Å². The third-order valence-corrected chi connectivity index (χ3v) is 3.46. The Morgan fingerprint density at radius 3 is 2.45 bits per heavy atom. The smallest absolute Gasteiger partial charge is 0.267 e. The molecule has 0 saturated carbocycles. The highest BCUT2D eigenvalue weighted by molar-refractivity contribution is 9.10. The molecular weight excluding hydrogens is 350 g/mol. The number of nitro benzene ring substituents is 1. The van der Waals surface area contributed by atoms with E-state index in [0.717, 1.165) is 10.0 Å². The van der Waals surface area contributed by atoms with Crippen LogP contribution in [0.2, 0.25) is 0 Å². The minimum atomic E-state index is -0.622. The first kappa shape index (κ1) is 15.8. The number of hydrazone groups is 1. The number of halogens is 1. The second kappa shape index (κ2) is 6.95. The Kier molecular flexibility index (Phi) is 5.00. The van der Waals surface area contributed by atoms with E-state index < -0.39 is 10.8 Å². The molecule has 1 amide bonds. The Morgan fingerprint density at radius 2 is 1.82 bits per heavy atom. The number of rotatable bonds is 4. The number of nitrogens with one attached hydrogen (secondary N) is 1. The van der Waals surface area contributed by atoms with Gasteiger partial charge in [-0.25, -0.2) is 5.43 Å². The maximum atomic E-state index is 12.0. The molecule has 0 saturated heterocycles. The molecule has 112 valence electrons. The van der Waals surface area contributed by atoms with Crippen molar-refractivity contribution in [2.75, 3.05) is 0 Å². The molecule has 0 aromatic heterocycles. The van der Waals surface area contributed by atoms with E-state index in [4.69, 9.17) is 0 Å². The fourth-order valence-electron chi connectivity index (χ4n) is 1.78. The highest BCUT2D eigenvalue weighted by Crippen LogP contribution is 2.17. The quantitative estimate of drug-likeness (QED) is 0.513. The number of para-hydroxylation sites is 1. The molecule has 2 aromatic rings. The molecule has 0 aliphatic rings. The van der Waals surface area contributed by atoms with Gasteiger partial charge in [0, 0.05) is 10.5 Å². The molecular formula is C15H12BrN3O3. The van der Waals surface area contributed by atoms with Crippen molar-refractivity contribution in [3.8, 4) is 0 Å². The average Bonchev–Trinajstić information content (AvgIpc) is 2.53. The maximum absolute atomic E-state index is 12.0. The molecule has 2 rings (SSSR count). The minimum absolute atomic E-state index is 0.0279. The average molecular weight is 362 g/mol. The van der Waals surface area contributed by atoms with Gasteiger partial charge in [-0.3, -0.25) is 14.9 Å². The number of hydrogen-bond donors (Lipinski definition) is 1. The van der Waals surface area contributed by atoms with E-state index in [-0.39, 0.29) is 11.3 Å².